The van der Waals surface area contributed by atoms with E-state index in [2.05, 4.69) is 10.3 Å². The molecule has 27 heavy (non-hydrogen) atoms. The van der Waals surface area contributed by atoms with Gasteiger partial charge in [0.25, 0.3) is 5.91 Å². The van der Waals surface area contributed by atoms with Crippen LogP contribution in [-0.2, 0) is 6.54 Å². The van der Waals surface area contributed by atoms with Crippen LogP contribution >= 0.6 is 23.7 Å². The number of benzene rings is 1. The van der Waals surface area contributed by atoms with Crippen molar-refractivity contribution in [2.24, 2.45) is 0 Å². The molecule has 0 radical (unpaired) electrons. The standard InChI is InChI=1S/C19H21N3O3S.ClH/c1-10-5-11(2)22-19-15(10)16(20)17(26-19)18(23)21-9-12-6-13(24-3)8-14(7-12)25-4;/h5-8H,9,20H2,1-4H3,(H,21,23);1H. The Morgan fingerprint density at radius 1 is 1.15 bits per heavy atom. The van der Waals surface area contributed by atoms with Gasteiger partial charge in [0.1, 0.15) is 21.2 Å². The lowest BCUT2D eigenvalue weighted by molar-refractivity contribution is 0.0955. The first kappa shape index (κ1) is 20.8. The molecule has 3 rings (SSSR count). The van der Waals surface area contributed by atoms with Crippen LogP contribution in [0.5, 0.6) is 11.5 Å². The molecule has 3 N–H and O–H groups in total. The van der Waals surface area contributed by atoms with Gasteiger partial charge in [0.15, 0.2) is 0 Å². The topological polar surface area (TPSA) is 86.5 Å². The molecule has 1 amide bonds. The summed E-state index contributed by atoms with van der Waals surface area (Å²) >= 11 is 1.31. The molecule has 0 fully saturated rings. The van der Waals surface area contributed by atoms with Gasteiger partial charge >= 0.3 is 0 Å². The molecule has 0 atom stereocenters. The van der Waals surface area contributed by atoms with Crippen molar-refractivity contribution >= 4 is 45.6 Å². The Labute approximate surface area is 168 Å². The fourth-order valence-corrected chi connectivity index (χ4v) is 4.00. The molecule has 8 heteroatoms. The van der Waals surface area contributed by atoms with Crippen LogP contribution in [0.15, 0.2) is 24.3 Å². The van der Waals surface area contributed by atoms with Crippen LogP contribution in [0.1, 0.15) is 26.5 Å². The molecule has 6 nitrogen and oxygen atoms in total. The first-order valence-electron chi connectivity index (χ1n) is 8.09. The molecule has 2 aromatic heterocycles. The smallest absolute Gasteiger partial charge is 0.263 e. The minimum Gasteiger partial charge on any atom is -0.497 e. The molecule has 2 heterocycles. The number of nitrogens with zero attached hydrogens (tertiary/aromatic N) is 1. The molecule has 0 saturated carbocycles. The molecule has 1 aromatic carbocycles. The van der Waals surface area contributed by atoms with Crippen molar-refractivity contribution in [2.75, 3.05) is 20.0 Å². The summed E-state index contributed by atoms with van der Waals surface area (Å²) in [6, 6.07) is 7.46. The Kier molecular flexibility index (Phi) is 6.51. The summed E-state index contributed by atoms with van der Waals surface area (Å²) in [7, 11) is 3.18. The number of aromatic nitrogens is 1. The first-order chi connectivity index (χ1) is 12.4. The summed E-state index contributed by atoms with van der Waals surface area (Å²) < 4.78 is 10.5. The molecule has 0 bridgehead atoms. The minimum atomic E-state index is -0.218. The molecule has 3 aromatic rings. The Balaban J connectivity index is 0.00000261. The Morgan fingerprint density at radius 2 is 1.78 bits per heavy atom. The van der Waals surface area contributed by atoms with Crippen molar-refractivity contribution in [1.82, 2.24) is 10.3 Å². The largest absolute Gasteiger partial charge is 0.497 e. The Hall–Kier alpha value is -2.51. The maximum absolute atomic E-state index is 12.6. The maximum atomic E-state index is 12.6. The summed E-state index contributed by atoms with van der Waals surface area (Å²) in [5.41, 5.74) is 9.51. The first-order valence-corrected chi connectivity index (χ1v) is 8.91. The predicted molar refractivity (Wildman–Crippen MR) is 111 cm³/mol. The summed E-state index contributed by atoms with van der Waals surface area (Å²) in [6.07, 6.45) is 0. The van der Waals surface area contributed by atoms with Gasteiger partial charge in [-0.15, -0.1) is 23.7 Å². The highest BCUT2D eigenvalue weighted by atomic mass is 35.5. The van der Waals surface area contributed by atoms with E-state index in [1.165, 1.54) is 11.3 Å². The van der Waals surface area contributed by atoms with Crippen molar-refractivity contribution < 1.29 is 14.3 Å². The van der Waals surface area contributed by atoms with Crippen LogP contribution in [0.2, 0.25) is 0 Å². The lowest BCUT2D eigenvalue weighted by atomic mass is 10.1. The van der Waals surface area contributed by atoms with Gasteiger partial charge < -0.3 is 20.5 Å². The van der Waals surface area contributed by atoms with Gasteiger partial charge in [0.2, 0.25) is 0 Å². The van der Waals surface area contributed by atoms with Gasteiger partial charge in [0.05, 0.1) is 19.9 Å². The molecule has 0 aliphatic carbocycles. The van der Waals surface area contributed by atoms with Crippen molar-refractivity contribution in [1.29, 1.82) is 0 Å². The second-order valence-corrected chi connectivity index (χ2v) is 7.01. The van der Waals surface area contributed by atoms with Crippen molar-refractivity contribution in [3.8, 4) is 11.5 Å². The molecule has 0 unspecified atom stereocenters. The van der Waals surface area contributed by atoms with Gasteiger partial charge in [-0.25, -0.2) is 4.98 Å². The van der Waals surface area contributed by atoms with Crippen LogP contribution < -0.4 is 20.5 Å². The van der Waals surface area contributed by atoms with Gasteiger partial charge in [-0.3, -0.25) is 4.79 Å². The molecule has 0 spiro atoms. The molecule has 0 aliphatic heterocycles. The maximum Gasteiger partial charge on any atom is 0.263 e. The number of carbonyl (C=O) groups is 1. The van der Waals surface area contributed by atoms with Crippen LogP contribution in [0.25, 0.3) is 10.2 Å². The number of hydrogen-bond acceptors (Lipinski definition) is 6. The monoisotopic (exact) mass is 407 g/mol. The van der Waals surface area contributed by atoms with E-state index in [1.807, 2.05) is 32.0 Å². The molecule has 144 valence electrons. The highest BCUT2D eigenvalue weighted by Crippen LogP contribution is 2.35. The van der Waals surface area contributed by atoms with Crippen LogP contribution in [0.3, 0.4) is 0 Å². The Bertz CT molecular complexity index is 966. The zero-order valence-corrected chi connectivity index (χ0v) is 17.2. The number of rotatable bonds is 5. The number of methoxy groups -OCH3 is 2. The summed E-state index contributed by atoms with van der Waals surface area (Å²) in [5.74, 6) is 1.12. The van der Waals surface area contributed by atoms with E-state index in [0.29, 0.717) is 28.6 Å². The number of carbonyl (C=O) groups excluding carboxylic acids is 1. The van der Waals surface area contributed by atoms with Gasteiger partial charge in [0, 0.05) is 23.7 Å². The van der Waals surface area contributed by atoms with E-state index in [9.17, 15) is 4.79 Å². The van der Waals surface area contributed by atoms with E-state index >= 15 is 0 Å². The predicted octanol–water partition coefficient (Wildman–Crippen LogP) is 3.86. The SMILES string of the molecule is COc1cc(CNC(=O)c2sc3nc(C)cc(C)c3c2N)cc(OC)c1.Cl. The minimum absolute atomic E-state index is 0. The average Bonchev–Trinajstić information content (AvgIpc) is 2.95. The van der Waals surface area contributed by atoms with Gasteiger partial charge in [-0.2, -0.15) is 0 Å². The number of thiophene rings is 1. The van der Waals surface area contributed by atoms with Crippen molar-refractivity contribution in [3.63, 3.8) is 0 Å². The number of pyridine rings is 1. The quantitative estimate of drug-likeness (QED) is 0.670. The van der Waals surface area contributed by atoms with Crippen molar-refractivity contribution in [3.05, 3.63) is 46.0 Å². The number of nitrogens with two attached hydrogens (primary N) is 1. The lowest BCUT2D eigenvalue weighted by Gasteiger charge is -2.09. The highest BCUT2D eigenvalue weighted by Gasteiger charge is 2.19. The van der Waals surface area contributed by atoms with Crippen LogP contribution in [-0.4, -0.2) is 25.1 Å². The fraction of sp³-hybridized carbons (Fsp3) is 0.263. The summed E-state index contributed by atoms with van der Waals surface area (Å²) in [6.45, 7) is 4.24. The number of hydrogen-bond donors (Lipinski definition) is 2. The summed E-state index contributed by atoms with van der Waals surface area (Å²) in [4.78, 5) is 18.4. The van der Waals surface area contributed by atoms with Gasteiger partial charge in [-0.1, -0.05) is 0 Å². The van der Waals surface area contributed by atoms with Crippen LogP contribution in [0.4, 0.5) is 5.69 Å². The van der Waals surface area contributed by atoms with E-state index < -0.39 is 0 Å². The molecular formula is C19H22ClN3O3S. The number of fused-ring (bicyclic) bond motifs is 1. The van der Waals surface area contributed by atoms with E-state index in [0.717, 1.165) is 27.0 Å². The summed E-state index contributed by atoms with van der Waals surface area (Å²) in [5, 5.41) is 3.76. The van der Waals surface area contributed by atoms with E-state index in [4.69, 9.17) is 15.2 Å². The zero-order chi connectivity index (χ0) is 18.8. The molecular weight excluding hydrogens is 386 g/mol. The highest BCUT2D eigenvalue weighted by molar-refractivity contribution is 7.21. The second-order valence-electron chi connectivity index (χ2n) is 6.01. The number of amides is 1. The second kappa shape index (κ2) is 8.45. The number of ether oxygens (including phenoxy) is 2. The van der Waals surface area contributed by atoms with Crippen molar-refractivity contribution in [2.45, 2.75) is 20.4 Å². The third-order valence-corrected chi connectivity index (χ3v) is 5.19. The normalized spacial score (nSPS) is 10.4. The lowest BCUT2D eigenvalue weighted by Crippen LogP contribution is -2.22. The number of halogens is 1. The van der Waals surface area contributed by atoms with Crippen LogP contribution in [0, 0.1) is 13.8 Å². The fourth-order valence-electron chi connectivity index (χ4n) is 2.87. The number of nitrogen functional groups attached to an aromatic ring is 1. The Morgan fingerprint density at radius 3 is 2.37 bits per heavy atom. The third-order valence-electron chi connectivity index (χ3n) is 4.09. The molecule has 0 saturated heterocycles. The molecule has 0 aliphatic rings. The number of nitrogens with one attached hydrogen (secondary N) is 1. The van der Waals surface area contributed by atoms with E-state index in [1.54, 1.807) is 20.3 Å². The third kappa shape index (κ3) is 4.26. The number of aryl methyl sites for hydroxylation is 2. The zero-order valence-electron chi connectivity index (χ0n) is 15.6. The van der Waals surface area contributed by atoms with E-state index in [-0.39, 0.29) is 18.3 Å². The van der Waals surface area contributed by atoms with Gasteiger partial charge in [-0.05, 0) is 43.2 Å². The average molecular weight is 408 g/mol. The number of anilines is 1.